The Kier molecular flexibility index (Phi) is 5.06. The molecule has 0 aromatic heterocycles. The van der Waals surface area contributed by atoms with Crippen LogP contribution in [-0.4, -0.2) is 51.2 Å². The molecule has 2 aliphatic rings. The van der Waals surface area contributed by atoms with Crippen LogP contribution >= 0.6 is 11.8 Å². The van der Waals surface area contributed by atoms with Gasteiger partial charge in [-0.05, 0) is 17.7 Å². The molecule has 0 saturated carbocycles. The van der Waals surface area contributed by atoms with E-state index in [9.17, 15) is 14.7 Å². The first-order chi connectivity index (χ1) is 13.6. The van der Waals surface area contributed by atoms with E-state index in [-0.39, 0.29) is 13.2 Å². The number of β-lactam (4-membered cyclic amide) rings is 1. The van der Waals surface area contributed by atoms with Gasteiger partial charge >= 0.3 is 6.09 Å². The second-order valence-electron chi connectivity index (χ2n) is 6.35. The van der Waals surface area contributed by atoms with Crippen LogP contribution in [0.15, 0.2) is 65.7 Å². The van der Waals surface area contributed by atoms with E-state index in [1.165, 1.54) is 11.8 Å². The van der Waals surface area contributed by atoms with Crippen molar-refractivity contribution in [1.29, 1.82) is 0 Å². The molecule has 2 aliphatic heterocycles. The van der Waals surface area contributed by atoms with Crippen LogP contribution in [0.3, 0.4) is 0 Å². The van der Waals surface area contributed by atoms with Gasteiger partial charge in [-0.1, -0.05) is 60.3 Å². The molecule has 0 aliphatic carbocycles. The predicted octanol–water partition coefficient (Wildman–Crippen LogP) is 2.45. The highest BCUT2D eigenvalue weighted by Crippen LogP contribution is 2.49. The number of hydrogen-bond acceptors (Lipinski definition) is 7. The minimum absolute atomic E-state index is 0.0468. The number of imide groups is 1. The normalized spacial score (nSPS) is 22.9. The van der Waals surface area contributed by atoms with E-state index in [1.807, 2.05) is 60.7 Å². The van der Waals surface area contributed by atoms with Crippen LogP contribution in [0.4, 0.5) is 4.79 Å². The SMILES string of the molecule is O=C(OCc1ccccc1)N1C(=O)C2N=C(COc3ccccc3)SC21CO. The van der Waals surface area contributed by atoms with Crippen molar-refractivity contribution in [3.8, 4) is 5.75 Å². The molecule has 2 atom stereocenters. The molecule has 8 heteroatoms. The van der Waals surface area contributed by atoms with E-state index in [4.69, 9.17) is 9.47 Å². The van der Waals surface area contributed by atoms with Gasteiger partial charge < -0.3 is 14.6 Å². The van der Waals surface area contributed by atoms with Crippen LogP contribution in [0.25, 0.3) is 0 Å². The summed E-state index contributed by atoms with van der Waals surface area (Å²) in [6, 6.07) is 17.6. The maximum atomic E-state index is 12.5. The Bertz CT molecular complexity index is 905. The van der Waals surface area contributed by atoms with Gasteiger partial charge in [-0.15, -0.1) is 0 Å². The molecule has 0 radical (unpaired) electrons. The summed E-state index contributed by atoms with van der Waals surface area (Å²) < 4.78 is 10.9. The number of benzene rings is 2. The number of para-hydroxylation sites is 1. The van der Waals surface area contributed by atoms with Crippen LogP contribution in [0.5, 0.6) is 5.75 Å². The zero-order valence-corrected chi connectivity index (χ0v) is 15.7. The third-order valence-electron chi connectivity index (χ3n) is 4.55. The van der Waals surface area contributed by atoms with E-state index in [0.29, 0.717) is 10.8 Å². The van der Waals surface area contributed by atoms with Gasteiger partial charge in [0.15, 0.2) is 10.9 Å². The standard InChI is InChI=1S/C20H18N2O5S/c23-13-20-17(21-16(28-20)12-26-15-9-5-2-6-10-15)18(24)22(20)19(25)27-11-14-7-3-1-4-8-14/h1-10,17,23H,11-13H2. The van der Waals surface area contributed by atoms with Crippen molar-refractivity contribution < 1.29 is 24.2 Å². The number of hydrogen-bond donors (Lipinski definition) is 1. The number of thioether (sulfide) groups is 1. The third kappa shape index (κ3) is 3.25. The van der Waals surface area contributed by atoms with Crippen molar-refractivity contribution in [2.24, 2.45) is 4.99 Å². The number of fused-ring (bicyclic) bond motifs is 1. The van der Waals surface area contributed by atoms with Gasteiger partial charge in [-0.25, -0.2) is 9.69 Å². The second-order valence-corrected chi connectivity index (χ2v) is 7.73. The van der Waals surface area contributed by atoms with Gasteiger partial charge in [0.1, 0.15) is 24.0 Å². The Morgan fingerprint density at radius 1 is 1.11 bits per heavy atom. The lowest BCUT2D eigenvalue weighted by molar-refractivity contribution is -0.150. The number of ether oxygens (including phenoxy) is 2. The molecule has 2 heterocycles. The molecule has 1 N–H and O–H groups in total. The molecule has 1 saturated heterocycles. The molecular formula is C20H18N2O5S. The summed E-state index contributed by atoms with van der Waals surface area (Å²) in [7, 11) is 0. The summed E-state index contributed by atoms with van der Waals surface area (Å²) >= 11 is 1.17. The van der Waals surface area contributed by atoms with Gasteiger partial charge in [0.05, 0.1) is 6.61 Å². The molecule has 2 unspecified atom stereocenters. The first-order valence-corrected chi connectivity index (χ1v) is 9.55. The Balaban J connectivity index is 1.40. The number of aliphatic hydroxyl groups excluding tert-OH is 1. The van der Waals surface area contributed by atoms with Crippen LogP contribution < -0.4 is 4.74 Å². The zero-order chi connectivity index (χ0) is 19.6. The fourth-order valence-corrected chi connectivity index (χ4v) is 4.41. The summed E-state index contributed by atoms with van der Waals surface area (Å²) in [5.41, 5.74) is 0.811. The van der Waals surface area contributed by atoms with Gasteiger partial charge in [0.25, 0.3) is 5.91 Å². The van der Waals surface area contributed by atoms with Crippen molar-refractivity contribution in [2.75, 3.05) is 13.2 Å². The summed E-state index contributed by atoms with van der Waals surface area (Å²) in [6.07, 6.45) is -0.785. The number of likely N-dealkylation sites (tertiary alicyclic amines) is 1. The van der Waals surface area contributed by atoms with E-state index < -0.39 is 29.5 Å². The van der Waals surface area contributed by atoms with Gasteiger partial charge in [-0.2, -0.15) is 0 Å². The van der Waals surface area contributed by atoms with Gasteiger partial charge in [0, 0.05) is 0 Å². The topological polar surface area (TPSA) is 88.4 Å². The van der Waals surface area contributed by atoms with Crippen molar-refractivity contribution in [3.05, 3.63) is 66.2 Å². The summed E-state index contributed by atoms with van der Waals surface area (Å²) in [5, 5.41) is 10.5. The summed E-state index contributed by atoms with van der Waals surface area (Å²) in [5.74, 6) is 0.197. The fourth-order valence-electron chi connectivity index (χ4n) is 3.14. The lowest BCUT2D eigenvalue weighted by Crippen LogP contribution is -2.73. The Morgan fingerprint density at radius 2 is 1.79 bits per heavy atom. The lowest BCUT2D eigenvalue weighted by Gasteiger charge is -2.48. The molecular weight excluding hydrogens is 380 g/mol. The molecule has 0 spiro atoms. The highest BCUT2D eigenvalue weighted by molar-refractivity contribution is 8.15. The molecule has 4 rings (SSSR count). The quantitative estimate of drug-likeness (QED) is 0.752. The minimum atomic E-state index is -1.15. The molecule has 1 fully saturated rings. The van der Waals surface area contributed by atoms with Crippen LogP contribution in [0.2, 0.25) is 0 Å². The van der Waals surface area contributed by atoms with Crippen LogP contribution in [0, 0.1) is 0 Å². The number of nitrogens with zero attached hydrogens (tertiary/aromatic N) is 2. The molecule has 28 heavy (non-hydrogen) atoms. The Hall–Kier alpha value is -2.84. The number of amides is 2. The predicted molar refractivity (Wildman–Crippen MR) is 104 cm³/mol. The lowest BCUT2D eigenvalue weighted by atomic mass is 9.96. The minimum Gasteiger partial charge on any atom is -0.487 e. The van der Waals surface area contributed by atoms with Crippen molar-refractivity contribution in [3.63, 3.8) is 0 Å². The van der Waals surface area contributed by atoms with E-state index >= 15 is 0 Å². The molecule has 0 bridgehead atoms. The van der Waals surface area contributed by atoms with Gasteiger partial charge in [-0.3, -0.25) is 9.79 Å². The highest BCUT2D eigenvalue weighted by Gasteiger charge is 2.67. The number of aliphatic imine (C=N–C) groups is 1. The Morgan fingerprint density at radius 3 is 2.46 bits per heavy atom. The van der Waals surface area contributed by atoms with Crippen molar-refractivity contribution in [2.45, 2.75) is 17.5 Å². The van der Waals surface area contributed by atoms with E-state index in [2.05, 4.69) is 4.99 Å². The molecule has 2 aromatic rings. The fraction of sp³-hybridized carbons (Fsp3) is 0.250. The van der Waals surface area contributed by atoms with Gasteiger partial charge in [0.2, 0.25) is 0 Å². The Labute approximate surface area is 166 Å². The highest BCUT2D eigenvalue weighted by atomic mass is 32.2. The zero-order valence-electron chi connectivity index (χ0n) is 14.9. The van der Waals surface area contributed by atoms with Crippen molar-refractivity contribution in [1.82, 2.24) is 4.90 Å². The first-order valence-electron chi connectivity index (χ1n) is 8.73. The van der Waals surface area contributed by atoms with Crippen LogP contribution in [-0.2, 0) is 16.1 Å². The van der Waals surface area contributed by atoms with E-state index in [1.54, 1.807) is 0 Å². The number of carbonyl (C=O) groups excluding carboxylic acids is 2. The largest absolute Gasteiger partial charge is 0.487 e. The molecule has 7 nitrogen and oxygen atoms in total. The average Bonchev–Trinajstić information content (AvgIpc) is 3.07. The number of carbonyl (C=O) groups is 2. The number of rotatable bonds is 6. The molecule has 144 valence electrons. The van der Waals surface area contributed by atoms with Crippen molar-refractivity contribution >= 4 is 28.8 Å². The first kappa shape index (κ1) is 18.5. The molecule has 2 aromatic carbocycles. The average molecular weight is 398 g/mol. The summed E-state index contributed by atoms with van der Waals surface area (Å²) in [6.45, 7) is -0.203. The molecule has 2 amide bonds. The smallest absolute Gasteiger partial charge is 0.418 e. The van der Waals surface area contributed by atoms with E-state index in [0.717, 1.165) is 10.5 Å². The summed E-state index contributed by atoms with van der Waals surface area (Å²) in [4.78, 5) is 29.1. The maximum absolute atomic E-state index is 12.5. The van der Waals surface area contributed by atoms with Crippen LogP contribution in [0.1, 0.15) is 5.56 Å². The monoisotopic (exact) mass is 398 g/mol. The second kappa shape index (κ2) is 7.65. The number of aliphatic hydroxyl groups is 1. The third-order valence-corrected chi connectivity index (χ3v) is 5.89. The maximum Gasteiger partial charge on any atom is 0.418 e.